The third-order valence-corrected chi connectivity index (χ3v) is 8.57. The van der Waals surface area contributed by atoms with E-state index in [4.69, 9.17) is 4.98 Å². The lowest BCUT2D eigenvalue weighted by Crippen LogP contribution is -2.53. The van der Waals surface area contributed by atoms with Crippen LogP contribution in [-0.2, 0) is 11.2 Å². The summed E-state index contributed by atoms with van der Waals surface area (Å²) in [6.07, 6.45) is 7.54. The van der Waals surface area contributed by atoms with Gasteiger partial charge in [-0.05, 0) is 36.5 Å². The third-order valence-electron chi connectivity index (χ3n) is 7.46. The lowest BCUT2D eigenvalue weighted by molar-refractivity contribution is -0.143. The first-order valence-corrected chi connectivity index (χ1v) is 11.6. The number of carbonyl (C=O) groups excluding carboxylic acids is 1. The van der Waals surface area contributed by atoms with Crippen LogP contribution in [0.2, 0.25) is 0 Å². The van der Waals surface area contributed by atoms with Crippen LogP contribution in [0.1, 0.15) is 50.1 Å². The van der Waals surface area contributed by atoms with E-state index in [1.807, 2.05) is 20.2 Å². The number of aromatic amines is 1. The molecule has 0 radical (unpaired) electrons. The molecule has 2 aromatic heterocycles. The Bertz CT molecular complexity index is 924. The Labute approximate surface area is 182 Å². The van der Waals surface area contributed by atoms with Crippen LogP contribution < -0.4 is 0 Å². The van der Waals surface area contributed by atoms with Crippen molar-refractivity contribution < 1.29 is 9.90 Å². The Kier molecular flexibility index (Phi) is 5.62. The van der Waals surface area contributed by atoms with Crippen molar-refractivity contribution in [1.82, 2.24) is 19.9 Å². The molecule has 1 saturated carbocycles. The third kappa shape index (κ3) is 3.42. The molecular weight excluding hydrogens is 396 g/mol. The van der Waals surface area contributed by atoms with Crippen molar-refractivity contribution >= 4 is 17.2 Å². The number of aliphatic hydroxyl groups is 1. The Morgan fingerprint density at radius 2 is 2.33 bits per heavy atom. The first-order valence-electron chi connectivity index (χ1n) is 10.8. The Morgan fingerprint density at radius 3 is 3.00 bits per heavy atom. The maximum Gasteiger partial charge on any atom is 0.225 e. The number of imidazole rings is 1. The summed E-state index contributed by atoms with van der Waals surface area (Å²) in [6.45, 7) is 10.7. The Morgan fingerprint density at radius 1 is 1.57 bits per heavy atom. The minimum absolute atomic E-state index is 0.0237. The van der Waals surface area contributed by atoms with E-state index in [1.165, 1.54) is 4.88 Å². The highest BCUT2D eigenvalue weighted by Gasteiger charge is 2.54. The topological polar surface area (TPSA) is 82.1 Å². The highest BCUT2D eigenvalue weighted by molar-refractivity contribution is 7.15. The number of H-pyrrole nitrogens is 1. The molecule has 2 aromatic rings. The van der Waals surface area contributed by atoms with E-state index in [-0.39, 0.29) is 35.0 Å². The zero-order valence-corrected chi connectivity index (χ0v) is 19.1. The highest BCUT2D eigenvalue weighted by atomic mass is 32.1. The maximum absolute atomic E-state index is 12.9. The van der Waals surface area contributed by atoms with Crippen LogP contribution >= 0.6 is 11.3 Å². The van der Waals surface area contributed by atoms with E-state index in [1.54, 1.807) is 28.6 Å². The van der Waals surface area contributed by atoms with Gasteiger partial charge < -0.3 is 15.0 Å². The minimum atomic E-state index is -0.514. The van der Waals surface area contributed by atoms with Crippen LogP contribution in [0, 0.1) is 23.2 Å². The SMILES string of the molecule is C=CCN(C)C(=O)C(C)C1CCC2(C)Cc3sc(-c4cnc[nH]4)nc3C(C)C2C1O. The van der Waals surface area contributed by atoms with E-state index >= 15 is 0 Å². The molecule has 0 aromatic carbocycles. The van der Waals surface area contributed by atoms with E-state index in [0.717, 1.165) is 35.7 Å². The predicted octanol–water partition coefficient (Wildman–Crippen LogP) is 3.87. The van der Waals surface area contributed by atoms with Gasteiger partial charge in [-0.3, -0.25) is 4.79 Å². The van der Waals surface area contributed by atoms with E-state index < -0.39 is 6.10 Å². The summed E-state index contributed by atoms with van der Waals surface area (Å²) in [5, 5.41) is 12.5. The number of carbonyl (C=O) groups is 1. The van der Waals surface area contributed by atoms with Gasteiger partial charge in [0, 0.05) is 30.3 Å². The summed E-state index contributed by atoms with van der Waals surface area (Å²) in [5.41, 5.74) is 2.07. The van der Waals surface area contributed by atoms with Gasteiger partial charge in [-0.1, -0.05) is 26.8 Å². The summed E-state index contributed by atoms with van der Waals surface area (Å²) in [4.78, 5) is 28.1. The van der Waals surface area contributed by atoms with Gasteiger partial charge >= 0.3 is 0 Å². The fraction of sp³-hybridized carbons (Fsp3) is 0.609. The van der Waals surface area contributed by atoms with Crippen LogP contribution in [-0.4, -0.2) is 50.6 Å². The van der Waals surface area contributed by atoms with E-state index in [9.17, 15) is 9.90 Å². The minimum Gasteiger partial charge on any atom is -0.392 e. The molecule has 0 bridgehead atoms. The van der Waals surface area contributed by atoms with Crippen LogP contribution in [0.15, 0.2) is 25.2 Å². The Hall–Kier alpha value is -1.99. The first kappa shape index (κ1) is 21.2. The largest absolute Gasteiger partial charge is 0.392 e. The number of nitrogens with zero attached hydrogens (tertiary/aromatic N) is 3. The van der Waals surface area contributed by atoms with Gasteiger partial charge in [0.05, 0.1) is 30.0 Å². The van der Waals surface area contributed by atoms with Crippen molar-refractivity contribution in [3.63, 3.8) is 0 Å². The maximum atomic E-state index is 12.9. The number of fused-ring (bicyclic) bond motifs is 2. The lowest BCUT2D eigenvalue weighted by atomic mass is 9.53. The summed E-state index contributed by atoms with van der Waals surface area (Å²) in [6, 6.07) is 0. The van der Waals surface area contributed by atoms with Crippen molar-refractivity contribution in [2.24, 2.45) is 23.2 Å². The number of rotatable bonds is 5. The van der Waals surface area contributed by atoms with Gasteiger partial charge in [-0.25, -0.2) is 9.97 Å². The van der Waals surface area contributed by atoms with Crippen LogP contribution in [0.5, 0.6) is 0 Å². The lowest BCUT2D eigenvalue weighted by Gasteiger charge is -2.53. The van der Waals surface area contributed by atoms with Gasteiger partial charge in [-0.15, -0.1) is 17.9 Å². The van der Waals surface area contributed by atoms with Gasteiger partial charge in [-0.2, -0.15) is 0 Å². The first-order chi connectivity index (χ1) is 14.3. The van der Waals surface area contributed by atoms with E-state index in [0.29, 0.717) is 6.54 Å². The van der Waals surface area contributed by atoms with E-state index in [2.05, 4.69) is 30.4 Å². The van der Waals surface area contributed by atoms with Crippen molar-refractivity contribution in [2.45, 2.75) is 52.1 Å². The molecule has 4 rings (SSSR count). The van der Waals surface area contributed by atoms with Gasteiger partial charge in [0.25, 0.3) is 0 Å². The molecule has 6 atom stereocenters. The molecule has 2 heterocycles. The number of aromatic nitrogens is 3. The second-order valence-electron chi connectivity index (χ2n) is 9.43. The molecule has 1 amide bonds. The fourth-order valence-electron chi connectivity index (χ4n) is 5.85. The van der Waals surface area contributed by atoms with Crippen molar-refractivity contribution in [3.05, 3.63) is 35.8 Å². The molecule has 0 aliphatic heterocycles. The summed E-state index contributed by atoms with van der Waals surface area (Å²) in [7, 11) is 1.81. The molecule has 6 nitrogen and oxygen atoms in total. The average molecular weight is 429 g/mol. The molecular formula is C23H32N4O2S. The number of hydrogen-bond acceptors (Lipinski definition) is 5. The standard InChI is InChI=1S/C23H32N4O2S/c1-6-9-27(5)22(29)13(2)15-7-8-23(4)10-17-19(14(3)18(23)20(15)28)26-21(30-17)16-11-24-12-25-16/h6,11-15,18,20,28H,1,7-10H2,2-5H3,(H,24,25). The fourth-order valence-corrected chi connectivity index (χ4v) is 7.19. The number of likely N-dealkylation sites (N-methyl/N-ethyl adjacent to an activating group) is 1. The van der Waals surface area contributed by atoms with Crippen LogP contribution in [0.4, 0.5) is 0 Å². The molecule has 0 saturated heterocycles. The van der Waals surface area contributed by atoms with Crippen molar-refractivity contribution in [1.29, 1.82) is 0 Å². The number of thiazole rings is 1. The monoisotopic (exact) mass is 428 g/mol. The molecule has 162 valence electrons. The van der Waals surface area contributed by atoms with Gasteiger partial charge in [0.15, 0.2) is 0 Å². The molecule has 0 spiro atoms. The molecule has 30 heavy (non-hydrogen) atoms. The highest BCUT2D eigenvalue weighted by Crippen LogP contribution is 2.57. The summed E-state index contributed by atoms with van der Waals surface area (Å²) < 4.78 is 0. The van der Waals surface area contributed by atoms with Crippen molar-refractivity contribution in [2.75, 3.05) is 13.6 Å². The predicted molar refractivity (Wildman–Crippen MR) is 119 cm³/mol. The molecule has 2 aliphatic rings. The quantitative estimate of drug-likeness (QED) is 0.709. The average Bonchev–Trinajstić information content (AvgIpc) is 3.36. The number of aliphatic hydroxyl groups excluding tert-OH is 1. The van der Waals surface area contributed by atoms with Crippen LogP contribution in [0.25, 0.3) is 10.7 Å². The molecule has 7 heteroatoms. The molecule has 6 unspecified atom stereocenters. The Balaban J connectivity index is 1.61. The summed E-state index contributed by atoms with van der Waals surface area (Å²) >= 11 is 1.74. The van der Waals surface area contributed by atoms with Gasteiger partial charge in [0.1, 0.15) is 5.01 Å². The zero-order chi connectivity index (χ0) is 21.6. The van der Waals surface area contributed by atoms with Crippen molar-refractivity contribution in [3.8, 4) is 10.7 Å². The normalized spacial score (nSPS) is 31.5. The summed E-state index contributed by atoms with van der Waals surface area (Å²) in [5.74, 6) is 0.0941. The zero-order valence-electron chi connectivity index (χ0n) is 18.3. The number of amides is 1. The number of hydrogen-bond donors (Lipinski definition) is 2. The molecule has 2 aliphatic carbocycles. The molecule has 1 fully saturated rings. The van der Waals surface area contributed by atoms with Gasteiger partial charge in [0.2, 0.25) is 5.91 Å². The smallest absolute Gasteiger partial charge is 0.225 e. The number of nitrogens with one attached hydrogen (secondary N) is 1. The second-order valence-corrected chi connectivity index (χ2v) is 10.5. The van der Waals surface area contributed by atoms with Crippen LogP contribution in [0.3, 0.4) is 0 Å². The second kappa shape index (κ2) is 7.93. The molecule has 2 N–H and O–H groups in total.